The summed E-state index contributed by atoms with van der Waals surface area (Å²) >= 11 is 11.9. The summed E-state index contributed by atoms with van der Waals surface area (Å²) in [6, 6.07) is 14.1. The van der Waals surface area contributed by atoms with Gasteiger partial charge in [-0.3, -0.25) is 9.59 Å². The monoisotopic (exact) mass is 366 g/mol. The maximum Gasteiger partial charge on any atom is 0.306 e. The zero-order chi connectivity index (χ0) is 17.5. The minimum absolute atomic E-state index is 0.0445. The number of carbonyl (C=O) groups is 2. The average molecular weight is 367 g/mol. The molecule has 0 radical (unpaired) electrons. The summed E-state index contributed by atoms with van der Waals surface area (Å²) in [5.41, 5.74) is 1.51. The van der Waals surface area contributed by atoms with Crippen molar-refractivity contribution in [3.63, 3.8) is 0 Å². The van der Waals surface area contributed by atoms with Gasteiger partial charge in [-0.2, -0.15) is 0 Å². The van der Waals surface area contributed by atoms with Crippen LogP contribution in [0.2, 0.25) is 10.0 Å². The number of halogens is 2. The number of benzene rings is 2. The van der Waals surface area contributed by atoms with E-state index in [4.69, 9.17) is 33.0 Å². The van der Waals surface area contributed by atoms with Gasteiger partial charge in [0.1, 0.15) is 6.61 Å². The fourth-order valence-corrected chi connectivity index (χ4v) is 2.59. The Bertz CT molecular complexity index is 716. The van der Waals surface area contributed by atoms with Crippen molar-refractivity contribution in [1.82, 2.24) is 0 Å². The van der Waals surface area contributed by atoms with Gasteiger partial charge in [-0.15, -0.1) is 0 Å². The fraction of sp³-hybridized carbons (Fsp3) is 0.222. The molecule has 2 rings (SSSR count). The van der Waals surface area contributed by atoms with E-state index in [9.17, 15) is 9.59 Å². The lowest BCUT2D eigenvalue weighted by molar-refractivity contribution is -0.145. The molecular formula is C18H16Cl2O4. The first kappa shape index (κ1) is 18.3. The smallest absolute Gasteiger partial charge is 0.306 e. The van der Waals surface area contributed by atoms with Gasteiger partial charge < -0.3 is 9.84 Å². The molecule has 6 heteroatoms. The summed E-state index contributed by atoms with van der Waals surface area (Å²) in [4.78, 5) is 23.1. The number of esters is 1. The molecular weight excluding hydrogens is 351 g/mol. The van der Waals surface area contributed by atoms with Gasteiger partial charge in [0.05, 0.1) is 22.9 Å². The zero-order valence-corrected chi connectivity index (χ0v) is 14.3. The third-order valence-corrected chi connectivity index (χ3v) is 4.23. The highest BCUT2D eigenvalue weighted by Crippen LogP contribution is 2.30. The molecule has 0 amide bonds. The molecule has 1 N–H and O–H groups in total. The molecule has 0 heterocycles. The molecule has 2 aromatic carbocycles. The topological polar surface area (TPSA) is 63.6 Å². The summed E-state index contributed by atoms with van der Waals surface area (Å²) in [7, 11) is 0. The zero-order valence-electron chi connectivity index (χ0n) is 12.7. The first-order valence-electron chi connectivity index (χ1n) is 7.32. The molecule has 0 aromatic heterocycles. The Balaban J connectivity index is 2.03. The standard InChI is InChI=1S/C18H16Cl2O4/c19-15-7-6-13(8-16(15)20)14(9-17(21)22)10-18(23)24-11-12-4-2-1-3-5-12/h1-8,14H,9-11H2,(H,21,22). The number of carboxylic acid groups (broad SMARTS) is 1. The highest BCUT2D eigenvalue weighted by molar-refractivity contribution is 6.42. The highest BCUT2D eigenvalue weighted by Gasteiger charge is 2.21. The summed E-state index contributed by atoms with van der Waals surface area (Å²) in [6.45, 7) is 0.154. The molecule has 2 aromatic rings. The molecule has 0 bridgehead atoms. The maximum absolute atomic E-state index is 12.1. The Hall–Kier alpha value is -2.04. The predicted molar refractivity (Wildman–Crippen MR) is 92.3 cm³/mol. The van der Waals surface area contributed by atoms with E-state index >= 15 is 0 Å². The lowest BCUT2D eigenvalue weighted by atomic mass is 9.92. The minimum atomic E-state index is -0.998. The average Bonchev–Trinajstić information content (AvgIpc) is 2.55. The fourth-order valence-electron chi connectivity index (χ4n) is 2.28. The summed E-state index contributed by atoms with van der Waals surface area (Å²) < 4.78 is 5.22. The lowest BCUT2D eigenvalue weighted by Gasteiger charge is -2.15. The molecule has 126 valence electrons. The van der Waals surface area contributed by atoms with E-state index in [2.05, 4.69) is 0 Å². The van der Waals surface area contributed by atoms with Gasteiger partial charge in [-0.25, -0.2) is 0 Å². The minimum Gasteiger partial charge on any atom is -0.481 e. The van der Waals surface area contributed by atoms with Gasteiger partial charge in [0.25, 0.3) is 0 Å². The molecule has 0 saturated carbocycles. The summed E-state index contributed by atoms with van der Waals surface area (Å²) in [5.74, 6) is -1.99. The first-order chi connectivity index (χ1) is 11.5. The van der Waals surface area contributed by atoms with Crippen LogP contribution in [-0.4, -0.2) is 17.0 Å². The van der Waals surface area contributed by atoms with E-state index in [-0.39, 0.29) is 19.4 Å². The third-order valence-electron chi connectivity index (χ3n) is 3.49. The van der Waals surface area contributed by atoms with E-state index in [1.807, 2.05) is 30.3 Å². The SMILES string of the molecule is O=C(O)CC(CC(=O)OCc1ccccc1)c1ccc(Cl)c(Cl)c1. The van der Waals surface area contributed by atoms with Crippen molar-refractivity contribution in [2.24, 2.45) is 0 Å². The number of carbonyl (C=O) groups excluding carboxylic acids is 1. The molecule has 0 aliphatic heterocycles. The lowest BCUT2D eigenvalue weighted by Crippen LogP contribution is -2.14. The van der Waals surface area contributed by atoms with E-state index in [0.29, 0.717) is 15.6 Å². The van der Waals surface area contributed by atoms with E-state index in [1.54, 1.807) is 18.2 Å². The number of carboxylic acids is 1. The van der Waals surface area contributed by atoms with Crippen LogP contribution in [0.3, 0.4) is 0 Å². The maximum atomic E-state index is 12.1. The van der Waals surface area contributed by atoms with Crippen LogP contribution in [0.25, 0.3) is 0 Å². The molecule has 1 atom stereocenters. The van der Waals surface area contributed by atoms with Crippen LogP contribution in [0.4, 0.5) is 0 Å². The van der Waals surface area contributed by atoms with Crippen molar-refractivity contribution in [3.05, 3.63) is 69.7 Å². The summed E-state index contributed by atoms with van der Waals surface area (Å²) in [5, 5.41) is 9.78. The molecule has 0 spiro atoms. The van der Waals surface area contributed by atoms with Crippen LogP contribution in [0.15, 0.2) is 48.5 Å². The number of ether oxygens (including phenoxy) is 1. The molecule has 0 fully saturated rings. The van der Waals surface area contributed by atoms with E-state index in [0.717, 1.165) is 5.56 Å². The number of hydrogen-bond acceptors (Lipinski definition) is 3. The van der Waals surface area contributed by atoms with Crippen molar-refractivity contribution >= 4 is 35.1 Å². The van der Waals surface area contributed by atoms with Crippen molar-refractivity contribution in [2.75, 3.05) is 0 Å². The molecule has 24 heavy (non-hydrogen) atoms. The quantitative estimate of drug-likeness (QED) is 0.722. The second kappa shape index (κ2) is 8.71. The Kier molecular flexibility index (Phi) is 6.64. The van der Waals surface area contributed by atoms with Gasteiger partial charge >= 0.3 is 11.9 Å². The van der Waals surface area contributed by atoms with Crippen LogP contribution >= 0.6 is 23.2 Å². The molecule has 0 aliphatic rings. The molecule has 0 saturated heterocycles. The second-order valence-electron chi connectivity index (χ2n) is 5.32. The van der Waals surface area contributed by atoms with Crippen molar-refractivity contribution in [3.8, 4) is 0 Å². The van der Waals surface area contributed by atoms with E-state index in [1.165, 1.54) is 0 Å². The Morgan fingerprint density at radius 3 is 2.33 bits per heavy atom. The van der Waals surface area contributed by atoms with Gasteiger partial charge in [0.2, 0.25) is 0 Å². The van der Waals surface area contributed by atoms with Crippen LogP contribution in [0.1, 0.15) is 29.9 Å². The Morgan fingerprint density at radius 1 is 1.00 bits per heavy atom. The Morgan fingerprint density at radius 2 is 1.71 bits per heavy atom. The van der Waals surface area contributed by atoms with Crippen molar-refractivity contribution in [2.45, 2.75) is 25.4 Å². The van der Waals surface area contributed by atoms with Gasteiger partial charge in [0, 0.05) is 5.92 Å². The third kappa shape index (κ3) is 5.55. The van der Waals surface area contributed by atoms with Crippen LogP contribution < -0.4 is 0 Å². The largest absolute Gasteiger partial charge is 0.481 e. The first-order valence-corrected chi connectivity index (χ1v) is 8.07. The van der Waals surface area contributed by atoms with Crippen molar-refractivity contribution < 1.29 is 19.4 Å². The van der Waals surface area contributed by atoms with Crippen LogP contribution in [0.5, 0.6) is 0 Å². The van der Waals surface area contributed by atoms with E-state index < -0.39 is 17.9 Å². The van der Waals surface area contributed by atoms with Gasteiger partial charge in [-0.05, 0) is 23.3 Å². The second-order valence-corrected chi connectivity index (χ2v) is 6.13. The van der Waals surface area contributed by atoms with Crippen LogP contribution in [0, 0.1) is 0 Å². The number of rotatable bonds is 7. The molecule has 4 nitrogen and oxygen atoms in total. The van der Waals surface area contributed by atoms with Gasteiger partial charge in [-0.1, -0.05) is 59.6 Å². The normalized spacial score (nSPS) is 11.8. The molecule has 1 unspecified atom stereocenters. The van der Waals surface area contributed by atoms with Crippen LogP contribution in [-0.2, 0) is 20.9 Å². The summed E-state index contributed by atoms with van der Waals surface area (Å²) in [6.07, 6.45) is -0.241. The predicted octanol–water partition coefficient (Wildman–Crippen LogP) is 4.69. The number of hydrogen-bond donors (Lipinski definition) is 1. The van der Waals surface area contributed by atoms with Crippen molar-refractivity contribution in [1.29, 1.82) is 0 Å². The van der Waals surface area contributed by atoms with Gasteiger partial charge in [0.15, 0.2) is 0 Å². The molecule has 0 aliphatic carbocycles. The number of aliphatic carboxylic acids is 1. The highest BCUT2D eigenvalue weighted by atomic mass is 35.5. The Labute approximate surface area is 150 Å².